The van der Waals surface area contributed by atoms with Crippen molar-refractivity contribution >= 4 is 23.1 Å². The van der Waals surface area contributed by atoms with Gasteiger partial charge in [0.05, 0.1) is 11.0 Å². The average Bonchev–Trinajstić information content (AvgIpc) is 2.41. The van der Waals surface area contributed by atoms with Crippen LogP contribution in [-0.2, 0) is 4.79 Å². The van der Waals surface area contributed by atoms with Crippen molar-refractivity contribution in [3.63, 3.8) is 0 Å². The molecule has 0 spiro atoms. The van der Waals surface area contributed by atoms with Crippen LogP contribution in [0.3, 0.4) is 0 Å². The largest absolute Gasteiger partial charge is 0.393 e. The predicted molar refractivity (Wildman–Crippen MR) is 80.0 cm³/mol. The molecule has 1 aliphatic heterocycles. The zero-order valence-electron chi connectivity index (χ0n) is 11.0. The molecule has 1 heterocycles. The van der Waals surface area contributed by atoms with E-state index < -0.39 is 0 Å². The van der Waals surface area contributed by atoms with Crippen molar-refractivity contribution in [3.8, 4) is 0 Å². The van der Waals surface area contributed by atoms with Gasteiger partial charge in [-0.3, -0.25) is 9.69 Å². The van der Waals surface area contributed by atoms with Gasteiger partial charge >= 0.3 is 0 Å². The highest BCUT2D eigenvalue weighted by molar-refractivity contribution is 7.80. The van der Waals surface area contributed by atoms with Gasteiger partial charge in [-0.25, -0.2) is 0 Å². The number of nitrogens with one attached hydrogen (secondary N) is 1. The topological polar surface area (TPSA) is 58.4 Å². The molecule has 19 heavy (non-hydrogen) atoms. The normalized spacial score (nSPS) is 21.7. The Hall–Kier alpha value is -1.46. The Bertz CT molecular complexity index is 463. The molecule has 5 heteroatoms. The lowest BCUT2D eigenvalue weighted by atomic mass is 9.97. The van der Waals surface area contributed by atoms with Crippen molar-refractivity contribution in [2.75, 3.05) is 19.6 Å². The van der Waals surface area contributed by atoms with E-state index in [0.717, 1.165) is 12.1 Å². The molecule has 2 rings (SSSR count). The Labute approximate surface area is 119 Å². The molecule has 2 atom stereocenters. The number of benzene rings is 1. The SMILES string of the molecule is CC1C(=O)NCCN1CC(C(N)=S)c1ccccc1. The van der Waals surface area contributed by atoms with E-state index in [4.69, 9.17) is 18.0 Å². The number of hydrogen-bond acceptors (Lipinski definition) is 3. The predicted octanol–water partition coefficient (Wildman–Crippen LogP) is 0.877. The third kappa shape index (κ3) is 3.30. The third-order valence-electron chi connectivity index (χ3n) is 3.59. The number of rotatable bonds is 4. The lowest BCUT2D eigenvalue weighted by molar-refractivity contribution is -0.128. The average molecular weight is 277 g/mol. The van der Waals surface area contributed by atoms with Crippen molar-refractivity contribution in [3.05, 3.63) is 35.9 Å². The van der Waals surface area contributed by atoms with Crippen molar-refractivity contribution in [1.29, 1.82) is 0 Å². The number of nitrogens with two attached hydrogens (primary N) is 1. The van der Waals surface area contributed by atoms with E-state index in [9.17, 15) is 4.79 Å². The second kappa shape index (κ2) is 6.12. The molecule has 1 aromatic carbocycles. The van der Waals surface area contributed by atoms with Crippen LogP contribution in [0.1, 0.15) is 18.4 Å². The van der Waals surface area contributed by atoms with Crippen LogP contribution in [0.25, 0.3) is 0 Å². The summed E-state index contributed by atoms with van der Waals surface area (Å²) in [7, 11) is 0. The molecule has 0 aromatic heterocycles. The molecule has 2 unspecified atom stereocenters. The van der Waals surface area contributed by atoms with Crippen LogP contribution < -0.4 is 11.1 Å². The first-order chi connectivity index (χ1) is 9.09. The molecule has 1 aliphatic rings. The summed E-state index contributed by atoms with van der Waals surface area (Å²) in [5, 5.41) is 2.86. The van der Waals surface area contributed by atoms with Gasteiger partial charge in [-0.15, -0.1) is 0 Å². The van der Waals surface area contributed by atoms with Crippen LogP contribution in [0.4, 0.5) is 0 Å². The third-order valence-corrected chi connectivity index (χ3v) is 3.87. The molecule has 1 saturated heterocycles. The van der Waals surface area contributed by atoms with Crippen molar-refractivity contribution in [2.24, 2.45) is 5.73 Å². The smallest absolute Gasteiger partial charge is 0.237 e. The number of nitrogens with zero attached hydrogens (tertiary/aromatic N) is 1. The highest BCUT2D eigenvalue weighted by Gasteiger charge is 2.28. The molecule has 0 radical (unpaired) electrons. The first-order valence-electron chi connectivity index (χ1n) is 6.45. The van der Waals surface area contributed by atoms with Gasteiger partial charge in [0.15, 0.2) is 0 Å². The van der Waals surface area contributed by atoms with Crippen LogP contribution in [0.2, 0.25) is 0 Å². The Morgan fingerprint density at radius 3 is 2.84 bits per heavy atom. The van der Waals surface area contributed by atoms with Gasteiger partial charge in [0, 0.05) is 25.6 Å². The highest BCUT2D eigenvalue weighted by atomic mass is 32.1. The maximum Gasteiger partial charge on any atom is 0.237 e. The quantitative estimate of drug-likeness (QED) is 0.802. The van der Waals surface area contributed by atoms with E-state index in [2.05, 4.69) is 10.2 Å². The molecule has 0 bridgehead atoms. The summed E-state index contributed by atoms with van der Waals surface area (Å²) in [6.45, 7) is 4.12. The minimum atomic E-state index is -0.130. The van der Waals surface area contributed by atoms with Gasteiger partial charge in [0.1, 0.15) is 0 Å². The monoisotopic (exact) mass is 277 g/mol. The summed E-state index contributed by atoms with van der Waals surface area (Å²) in [5.74, 6) is 0.0607. The highest BCUT2D eigenvalue weighted by Crippen LogP contribution is 2.19. The standard InChI is InChI=1S/C14H19N3OS/c1-10-14(18)16-7-8-17(10)9-12(13(15)19)11-5-3-2-4-6-11/h2-6,10,12H,7-9H2,1H3,(H2,15,19)(H,16,18). The lowest BCUT2D eigenvalue weighted by Gasteiger charge is -2.35. The molecule has 0 saturated carbocycles. The van der Waals surface area contributed by atoms with Gasteiger partial charge < -0.3 is 11.1 Å². The van der Waals surface area contributed by atoms with E-state index in [1.165, 1.54) is 0 Å². The van der Waals surface area contributed by atoms with Crippen molar-refractivity contribution in [1.82, 2.24) is 10.2 Å². The Morgan fingerprint density at radius 2 is 2.21 bits per heavy atom. The van der Waals surface area contributed by atoms with E-state index in [1.54, 1.807) is 0 Å². The van der Waals surface area contributed by atoms with Gasteiger partial charge in [-0.2, -0.15) is 0 Å². The molecular weight excluding hydrogens is 258 g/mol. The second-order valence-corrected chi connectivity index (χ2v) is 5.30. The van der Waals surface area contributed by atoms with Crippen LogP contribution in [0, 0.1) is 0 Å². The molecule has 102 valence electrons. The van der Waals surface area contributed by atoms with Crippen LogP contribution in [-0.4, -0.2) is 41.5 Å². The van der Waals surface area contributed by atoms with Gasteiger partial charge in [0.2, 0.25) is 5.91 Å². The first kappa shape index (κ1) is 14.0. The first-order valence-corrected chi connectivity index (χ1v) is 6.86. The van der Waals surface area contributed by atoms with Gasteiger partial charge in [0.25, 0.3) is 0 Å². The molecule has 1 fully saturated rings. The van der Waals surface area contributed by atoms with Crippen LogP contribution >= 0.6 is 12.2 Å². The molecule has 1 amide bonds. The number of carbonyl (C=O) groups is 1. The number of thiocarbonyl (C=S) groups is 1. The maximum atomic E-state index is 11.7. The zero-order valence-corrected chi connectivity index (χ0v) is 11.8. The Balaban J connectivity index is 2.13. The maximum absolute atomic E-state index is 11.7. The summed E-state index contributed by atoms with van der Waals surface area (Å²) < 4.78 is 0. The summed E-state index contributed by atoms with van der Waals surface area (Å²) in [5.41, 5.74) is 6.98. The van der Waals surface area contributed by atoms with Crippen molar-refractivity contribution < 1.29 is 4.79 Å². The number of carbonyl (C=O) groups excluding carboxylic acids is 1. The van der Waals surface area contributed by atoms with E-state index in [-0.39, 0.29) is 17.9 Å². The number of amides is 1. The molecule has 4 nitrogen and oxygen atoms in total. The Kier molecular flexibility index (Phi) is 4.50. The van der Waals surface area contributed by atoms with Crippen molar-refractivity contribution in [2.45, 2.75) is 18.9 Å². The second-order valence-electron chi connectivity index (χ2n) is 4.83. The minimum Gasteiger partial charge on any atom is -0.393 e. The summed E-state index contributed by atoms with van der Waals surface area (Å²) in [6, 6.07) is 9.85. The molecule has 0 aliphatic carbocycles. The number of piperazine rings is 1. The summed E-state index contributed by atoms with van der Waals surface area (Å²) in [4.78, 5) is 14.3. The summed E-state index contributed by atoms with van der Waals surface area (Å²) in [6.07, 6.45) is 0. The fraction of sp³-hybridized carbons (Fsp3) is 0.429. The van der Waals surface area contributed by atoms with E-state index in [1.807, 2.05) is 37.3 Å². The minimum absolute atomic E-state index is 0.00968. The molecular formula is C14H19N3OS. The Morgan fingerprint density at radius 1 is 1.53 bits per heavy atom. The van der Waals surface area contributed by atoms with Gasteiger partial charge in [-0.1, -0.05) is 42.5 Å². The van der Waals surface area contributed by atoms with Crippen LogP contribution in [0.5, 0.6) is 0 Å². The molecule has 1 aromatic rings. The van der Waals surface area contributed by atoms with Gasteiger partial charge in [-0.05, 0) is 12.5 Å². The van der Waals surface area contributed by atoms with E-state index in [0.29, 0.717) is 18.1 Å². The lowest BCUT2D eigenvalue weighted by Crippen LogP contribution is -2.55. The fourth-order valence-corrected chi connectivity index (χ4v) is 2.57. The zero-order chi connectivity index (χ0) is 13.8. The fourth-order valence-electron chi connectivity index (χ4n) is 2.36. The summed E-state index contributed by atoms with van der Waals surface area (Å²) >= 11 is 5.19. The van der Waals surface area contributed by atoms with Crippen LogP contribution in [0.15, 0.2) is 30.3 Å². The number of hydrogen-bond donors (Lipinski definition) is 2. The van der Waals surface area contributed by atoms with E-state index >= 15 is 0 Å². The molecule has 3 N–H and O–H groups in total.